The molecule has 1 aromatic carbocycles. The second kappa shape index (κ2) is 7.80. The molecule has 0 spiro atoms. The topological polar surface area (TPSA) is 58.6 Å². The van der Waals surface area contributed by atoms with Crippen LogP contribution in [-0.2, 0) is 4.79 Å². The summed E-state index contributed by atoms with van der Waals surface area (Å²) in [4.78, 5) is 11.9. The van der Waals surface area contributed by atoms with Crippen LogP contribution < -0.4 is 10.1 Å². The first-order valence-corrected chi connectivity index (χ1v) is 8.25. The molecular weight excluding hydrogens is 334 g/mol. The Kier molecular flexibility index (Phi) is 6.06. The Bertz CT molecular complexity index is 484. The Balaban J connectivity index is 1.89. The number of nitrogens with one attached hydrogen (secondary N) is 1. The van der Waals surface area contributed by atoms with E-state index in [4.69, 9.17) is 4.74 Å². The summed E-state index contributed by atoms with van der Waals surface area (Å²) in [6.07, 6.45) is 5.11. The van der Waals surface area contributed by atoms with E-state index in [2.05, 4.69) is 21.2 Å². The van der Waals surface area contributed by atoms with E-state index in [1.165, 1.54) is 19.3 Å². The molecule has 1 atom stereocenters. The summed E-state index contributed by atoms with van der Waals surface area (Å²) in [5.74, 6) is 0.441. The number of rotatable bonds is 5. The summed E-state index contributed by atoms with van der Waals surface area (Å²) in [5.41, 5.74) is 0.684. The van der Waals surface area contributed by atoms with Crippen molar-refractivity contribution in [3.8, 4) is 5.75 Å². The van der Waals surface area contributed by atoms with Crippen LogP contribution in [-0.4, -0.2) is 23.7 Å². The highest BCUT2D eigenvalue weighted by Gasteiger charge is 2.17. The van der Waals surface area contributed by atoms with E-state index in [1.54, 1.807) is 19.1 Å². The van der Waals surface area contributed by atoms with Gasteiger partial charge in [-0.1, -0.05) is 41.3 Å². The molecule has 1 saturated carbocycles. The molecule has 21 heavy (non-hydrogen) atoms. The number of hydrogen-bond donors (Lipinski definition) is 2. The second-order valence-electron chi connectivity index (χ2n) is 5.55. The maximum atomic E-state index is 11.9. The first-order valence-electron chi connectivity index (χ1n) is 7.46. The van der Waals surface area contributed by atoms with Gasteiger partial charge in [-0.15, -0.1) is 0 Å². The SMILES string of the molecule is C[C@H](O)c1ccc(Br)cc1OCC(=O)NC1CCCCC1. The van der Waals surface area contributed by atoms with Crippen molar-refractivity contribution in [3.05, 3.63) is 28.2 Å². The fourth-order valence-corrected chi connectivity index (χ4v) is 2.98. The number of aliphatic hydroxyl groups is 1. The van der Waals surface area contributed by atoms with Crippen molar-refractivity contribution in [2.75, 3.05) is 6.61 Å². The third kappa shape index (κ3) is 5.00. The lowest BCUT2D eigenvalue weighted by molar-refractivity contribution is -0.124. The van der Waals surface area contributed by atoms with E-state index in [-0.39, 0.29) is 18.6 Å². The first kappa shape index (κ1) is 16.3. The lowest BCUT2D eigenvalue weighted by atomic mass is 9.95. The molecule has 0 radical (unpaired) electrons. The molecule has 1 aliphatic rings. The fourth-order valence-electron chi connectivity index (χ4n) is 2.64. The Labute approximate surface area is 134 Å². The fraction of sp³-hybridized carbons (Fsp3) is 0.562. The summed E-state index contributed by atoms with van der Waals surface area (Å²) in [5, 5.41) is 12.7. The minimum atomic E-state index is -0.630. The van der Waals surface area contributed by atoms with Gasteiger partial charge in [0.05, 0.1) is 6.10 Å². The summed E-state index contributed by atoms with van der Waals surface area (Å²) >= 11 is 3.37. The molecule has 0 unspecified atom stereocenters. The van der Waals surface area contributed by atoms with Gasteiger partial charge in [-0.2, -0.15) is 0 Å². The van der Waals surface area contributed by atoms with E-state index >= 15 is 0 Å². The third-order valence-corrected chi connectivity index (χ3v) is 4.25. The van der Waals surface area contributed by atoms with Crippen LogP contribution in [0.15, 0.2) is 22.7 Å². The molecule has 0 saturated heterocycles. The van der Waals surface area contributed by atoms with Gasteiger partial charge in [0.1, 0.15) is 5.75 Å². The maximum absolute atomic E-state index is 11.9. The van der Waals surface area contributed by atoms with Gasteiger partial charge in [0.25, 0.3) is 5.91 Å². The Morgan fingerprint density at radius 1 is 1.43 bits per heavy atom. The molecule has 0 bridgehead atoms. The molecule has 0 heterocycles. The van der Waals surface area contributed by atoms with E-state index < -0.39 is 6.10 Å². The van der Waals surface area contributed by atoms with E-state index in [0.717, 1.165) is 17.3 Å². The Hall–Kier alpha value is -1.07. The largest absolute Gasteiger partial charge is 0.483 e. The van der Waals surface area contributed by atoms with Crippen molar-refractivity contribution in [2.45, 2.75) is 51.2 Å². The number of carbonyl (C=O) groups excluding carboxylic acids is 1. The van der Waals surface area contributed by atoms with Crippen molar-refractivity contribution in [3.63, 3.8) is 0 Å². The highest BCUT2D eigenvalue weighted by atomic mass is 79.9. The molecule has 2 N–H and O–H groups in total. The smallest absolute Gasteiger partial charge is 0.258 e. The number of amides is 1. The van der Waals surface area contributed by atoms with Gasteiger partial charge in [-0.25, -0.2) is 0 Å². The lowest BCUT2D eigenvalue weighted by Gasteiger charge is -2.23. The Morgan fingerprint density at radius 3 is 2.81 bits per heavy atom. The second-order valence-corrected chi connectivity index (χ2v) is 6.46. The summed E-state index contributed by atoms with van der Waals surface area (Å²) < 4.78 is 6.44. The van der Waals surface area contributed by atoms with Crippen molar-refractivity contribution >= 4 is 21.8 Å². The quantitative estimate of drug-likeness (QED) is 0.851. The predicted octanol–water partition coefficient (Wildman–Crippen LogP) is 3.33. The summed E-state index contributed by atoms with van der Waals surface area (Å²) in [6.45, 7) is 1.66. The van der Waals surface area contributed by atoms with Crippen LogP contribution in [0.4, 0.5) is 0 Å². The van der Waals surface area contributed by atoms with Gasteiger partial charge < -0.3 is 15.2 Å². The zero-order valence-electron chi connectivity index (χ0n) is 12.3. The summed E-state index contributed by atoms with van der Waals surface area (Å²) in [6, 6.07) is 5.70. The molecule has 2 rings (SSSR count). The molecular formula is C16H22BrNO3. The van der Waals surface area contributed by atoms with Crippen LogP contribution in [0.5, 0.6) is 5.75 Å². The number of ether oxygens (including phenoxy) is 1. The van der Waals surface area contributed by atoms with Gasteiger partial charge in [0, 0.05) is 16.1 Å². The minimum absolute atomic E-state index is 0.0212. The van der Waals surface area contributed by atoms with Gasteiger partial charge in [-0.05, 0) is 31.9 Å². The zero-order chi connectivity index (χ0) is 15.2. The summed E-state index contributed by atoms with van der Waals surface area (Å²) in [7, 11) is 0. The third-order valence-electron chi connectivity index (χ3n) is 3.75. The standard InChI is InChI=1S/C16H22BrNO3/c1-11(19)14-8-7-12(17)9-15(14)21-10-16(20)18-13-5-3-2-4-6-13/h7-9,11,13,19H,2-6,10H2,1H3,(H,18,20)/t11-/m0/s1. The average Bonchev–Trinajstić information content (AvgIpc) is 2.46. The van der Waals surface area contributed by atoms with Crippen molar-refractivity contribution in [1.82, 2.24) is 5.32 Å². The normalized spacial score (nSPS) is 17.3. The van der Waals surface area contributed by atoms with E-state index in [1.807, 2.05) is 6.07 Å². The number of carbonyl (C=O) groups is 1. The molecule has 116 valence electrons. The van der Waals surface area contributed by atoms with Gasteiger partial charge in [0.15, 0.2) is 6.61 Å². The molecule has 0 aromatic heterocycles. The van der Waals surface area contributed by atoms with Gasteiger partial charge in [-0.3, -0.25) is 4.79 Å². The van der Waals surface area contributed by atoms with Crippen molar-refractivity contribution in [1.29, 1.82) is 0 Å². The van der Waals surface area contributed by atoms with E-state index in [0.29, 0.717) is 11.3 Å². The first-order chi connectivity index (χ1) is 10.1. The Morgan fingerprint density at radius 2 is 2.14 bits per heavy atom. The van der Waals surface area contributed by atoms with Crippen LogP contribution in [0.1, 0.15) is 50.7 Å². The number of hydrogen-bond acceptors (Lipinski definition) is 3. The minimum Gasteiger partial charge on any atom is -0.483 e. The van der Waals surface area contributed by atoms with Crippen LogP contribution in [0.25, 0.3) is 0 Å². The number of halogens is 1. The zero-order valence-corrected chi connectivity index (χ0v) is 13.9. The molecule has 1 aliphatic carbocycles. The van der Waals surface area contributed by atoms with Crippen molar-refractivity contribution in [2.24, 2.45) is 0 Å². The molecule has 5 heteroatoms. The highest BCUT2D eigenvalue weighted by molar-refractivity contribution is 9.10. The molecule has 0 aliphatic heterocycles. The van der Waals surface area contributed by atoms with Crippen LogP contribution in [0, 0.1) is 0 Å². The van der Waals surface area contributed by atoms with Gasteiger partial charge >= 0.3 is 0 Å². The van der Waals surface area contributed by atoms with Crippen molar-refractivity contribution < 1.29 is 14.6 Å². The molecule has 1 amide bonds. The maximum Gasteiger partial charge on any atom is 0.258 e. The monoisotopic (exact) mass is 355 g/mol. The van der Waals surface area contributed by atoms with Crippen LogP contribution >= 0.6 is 15.9 Å². The number of aliphatic hydroxyl groups excluding tert-OH is 1. The predicted molar refractivity (Wildman–Crippen MR) is 85.3 cm³/mol. The number of benzene rings is 1. The van der Waals surface area contributed by atoms with E-state index in [9.17, 15) is 9.90 Å². The van der Waals surface area contributed by atoms with Gasteiger partial charge in [0.2, 0.25) is 0 Å². The molecule has 1 aromatic rings. The highest BCUT2D eigenvalue weighted by Crippen LogP contribution is 2.28. The van der Waals surface area contributed by atoms with Crippen LogP contribution in [0.2, 0.25) is 0 Å². The average molecular weight is 356 g/mol. The lowest BCUT2D eigenvalue weighted by Crippen LogP contribution is -2.39. The molecule has 1 fully saturated rings. The van der Waals surface area contributed by atoms with Crippen LogP contribution in [0.3, 0.4) is 0 Å². The molecule has 4 nitrogen and oxygen atoms in total.